The summed E-state index contributed by atoms with van der Waals surface area (Å²) in [5.41, 5.74) is 5.64. The van der Waals surface area contributed by atoms with Crippen molar-refractivity contribution in [2.75, 3.05) is 4.90 Å². The number of rotatable bonds is 4. The highest BCUT2D eigenvalue weighted by Gasteiger charge is 2.22. The predicted molar refractivity (Wildman–Crippen MR) is 127 cm³/mol. The number of carbonyl (C=O) groups is 1. The van der Waals surface area contributed by atoms with E-state index in [0.717, 1.165) is 22.6 Å². The molecule has 2 heterocycles. The van der Waals surface area contributed by atoms with Crippen molar-refractivity contribution in [3.63, 3.8) is 0 Å². The molecule has 6 nitrogen and oxygen atoms in total. The minimum Gasteiger partial charge on any atom is -0.301 e. The van der Waals surface area contributed by atoms with Crippen molar-refractivity contribution in [1.82, 2.24) is 19.6 Å². The third-order valence-electron chi connectivity index (χ3n) is 5.55. The molecule has 0 N–H and O–H groups in total. The molecule has 0 aliphatic carbocycles. The fraction of sp³-hybridized carbons (Fsp3) is 0.308. The normalized spacial score (nSPS) is 11.7. The largest absolute Gasteiger partial charge is 0.301 e. The lowest BCUT2D eigenvalue weighted by Gasteiger charge is -2.23. The second kappa shape index (κ2) is 8.19. The Morgan fingerprint density at radius 1 is 0.938 bits per heavy atom. The minimum atomic E-state index is -0.0889. The maximum Gasteiger partial charge on any atom is 0.258 e. The lowest BCUT2D eigenvalue weighted by molar-refractivity contribution is 0.0984. The van der Waals surface area contributed by atoms with Gasteiger partial charge in [-0.1, -0.05) is 50.6 Å². The van der Waals surface area contributed by atoms with E-state index in [-0.39, 0.29) is 17.9 Å². The van der Waals surface area contributed by atoms with Gasteiger partial charge in [-0.15, -0.1) is 5.10 Å². The van der Waals surface area contributed by atoms with Crippen LogP contribution in [0.1, 0.15) is 59.5 Å². The SMILES string of the molecule is Cc1ccc(N(Cc2nc3nc(C)cc(C)n3n2)C(=O)c2ccc(C(C)(C)C)cc2)cc1. The van der Waals surface area contributed by atoms with Crippen molar-refractivity contribution in [3.05, 3.63) is 88.5 Å². The Kier molecular flexibility index (Phi) is 5.55. The number of anilines is 1. The Bertz CT molecular complexity index is 1260. The van der Waals surface area contributed by atoms with Crippen LogP contribution in [0.5, 0.6) is 0 Å². The van der Waals surface area contributed by atoms with Gasteiger partial charge in [-0.05, 0) is 62.1 Å². The fourth-order valence-corrected chi connectivity index (χ4v) is 3.69. The zero-order valence-corrected chi connectivity index (χ0v) is 19.5. The lowest BCUT2D eigenvalue weighted by Crippen LogP contribution is -2.31. The first-order chi connectivity index (χ1) is 15.1. The maximum absolute atomic E-state index is 13.6. The van der Waals surface area contributed by atoms with Crippen molar-refractivity contribution in [2.45, 2.75) is 53.5 Å². The summed E-state index contributed by atoms with van der Waals surface area (Å²) >= 11 is 0. The van der Waals surface area contributed by atoms with Gasteiger partial charge in [0.25, 0.3) is 11.7 Å². The molecule has 4 rings (SSSR count). The van der Waals surface area contributed by atoms with Crippen molar-refractivity contribution in [1.29, 1.82) is 0 Å². The third kappa shape index (κ3) is 4.40. The Hall–Kier alpha value is -3.54. The summed E-state index contributed by atoms with van der Waals surface area (Å²) in [6.07, 6.45) is 0. The first-order valence-electron chi connectivity index (χ1n) is 10.8. The highest BCUT2D eigenvalue weighted by atomic mass is 16.2. The zero-order valence-electron chi connectivity index (χ0n) is 19.5. The van der Waals surface area contributed by atoms with E-state index in [1.165, 1.54) is 5.56 Å². The van der Waals surface area contributed by atoms with Gasteiger partial charge >= 0.3 is 0 Å². The second-order valence-electron chi connectivity index (χ2n) is 9.33. The minimum absolute atomic E-state index is 0.0294. The molecule has 2 aromatic heterocycles. The molecule has 0 atom stereocenters. The monoisotopic (exact) mass is 427 g/mol. The van der Waals surface area contributed by atoms with E-state index in [2.05, 4.69) is 35.8 Å². The van der Waals surface area contributed by atoms with Crippen LogP contribution in [0, 0.1) is 20.8 Å². The number of carbonyl (C=O) groups excluding carboxylic acids is 1. The zero-order chi connectivity index (χ0) is 23.0. The molecule has 0 spiro atoms. The molecule has 0 radical (unpaired) electrons. The van der Waals surface area contributed by atoms with Crippen LogP contribution in [-0.2, 0) is 12.0 Å². The van der Waals surface area contributed by atoms with Gasteiger partial charge in [-0.25, -0.2) is 9.50 Å². The van der Waals surface area contributed by atoms with E-state index in [0.29, 0.717) is 17.2 Å². The smallest absolute Gasteiger partial charge is 0.258 e. The summed E-state index contributed by atoms with van der Waals surface area (Å²) in [5.74, 6) is 1.00. The Morgan fingerprint density at radius 3 is 2.22 bits per heavy atom. The average Bonchev–Trinajstić information content (AvgIpc) is 3.15. The molecule has 6 heteroatoms. The molecule has 1 amide bonds. The number of hydrogen-bond acceptors (Lipinski definition) is 4. The summed E-state index contributed by atoms with van der Waals surface area (Å²) < 4.78 is 1.72. The summed E-state index contributed by atoms with van der Waals surface area (Å²) in [7, 11) is 0. The van der Waals surface area contributed by atoms with Crippen LogP contribution in [0.3, 0.4) is 0 Å². The lowest BCUT2D eigenvalue weighted by atomic mass is 9.86. The van der Waals surface area contributed by atoms with E-state index < -0.39 is 0 Å². The molecule has 0 saturated carbocycles. The molecule has 0 aliphatic rings. The molecule has 164 valence electrons. The Morgan fingerprint density at radius 2 is 1.59 bits per heavy atom. The van der Waals surface area contributed by atoms with Crippen molar-refractivity contribution in [2.24, 2.45) is 0 Å². The first kappa shape index (κ1) is 21.7. The van der Waals surface area contributed by atoms with E-state index in [1.807, 2.05) is 75.4 Å². The number of aromatic nitrogens is 4. The van der Waals surface area contributed by atoms with Gasteiger partial charge in [0.15, 0.2) is 5.82 Å². The van der Waals surface area contributed by atoms with Gasteiger partial charge in [-0.3, -0.25) is 4.79 Å². The van der Waals surface area contributed by atoms with Crippen LogP contribution in [0.25, 0.3) is 5.78 Å². The third-order valence-corrected chi connectivity index (χ3v) is 5.55. The Balaban J connectivity index is 1.71. The quantitative estimate of drug-likeness (QED) is 0.449. The first-order valence-corrected chi connectivity index (χ1v) is 10.8. The molecular weight excluding hydrogens is 398 g/mol. The molecule has 4 aromatic rings. The molecule has 0 fully saturated rings. The topological polar surface area (TPSA) is 63.4 Å². The molecule has 0 bridgehead atoms. The highest BCUT2D eigenvalue weighted by molar-refractivity contribution is 6.06. The van der Waals surface area contributed by atoms with Crippen LogP contribution in [0.2, 0.25) is 0 Å². The summed E-state index contributed by atoms with van der Waals surface area (Å²) in [6.45, 7) is 12.7. The van der Waals surface area contributed by atoms with Crippen LogP contribution in [-0.4, -0.2) is 25.5 Å². The van der Waals surface area contributed by atoms with Gasteiger partial charge in [-0.2, -0.15) is 4.98 Å². The number of fused-ring (bicyclic) bond motifs is 1. The van der Waals surface area contributed by atoms with Crippen LogP contribution in [0.4, 0.5) is 5.69 Å². The molecule has 32 heavy (non-hydrogen) atoms. The van der Waals surface area contributed by atoms with E-state index >= 15 is 0 Å². The van der Waals surface area contributed by atoms with Gasteiger partial charge in [0, 0.05) is 22.6 Å². The van der Waals surface area contributed by atoms with E-state index in [9.17, 15) is 4.79 Å². The van der Waals surface area contributed by atoms with Crippen molar-refractivity contribution < 1.29 is 4.79 Å². The number of aryl methyl sites for hydroxylation is 3. The molecule has 0 aliphatic heterocycles. The van der Waals surface area contributed by atoms with Crippen molar-refractivity contribution >= 4 is 17.4 Å². The molecular formula is C26H29N5O. The summed E-state index contributed by atoms with van der Waals surface area (Å²) in [5, 5.41) is 4.61. The predicted octanol–water partition coefficient (Wildman–Crippen LogP) is 5.19. The number of benzene rings is 2. The van der Waals surface area contributed by atoms with Crippen molar-refractivity contribution in [3.8, 4) is 0 Å². The molecule has 0 saturated heterocycles. The Labute approximate surface area is 188 Å². The van der Waals surface area contributed by atoms with Crippen LogP contribution < -0.4 is 4.90 Å². The van der Waals surface area contributed by atoms with E-state index in [4.69, 9.17) is 0 Å². The number of nitrogens with zero attached hydrogens (tertiary/aromatic N) is 5. The maximum atomic E-state index is 13.6. The number of hydrogen-bond donors (Lipinski definition) is 0. The highest BCUT2D eigenvalue weighted by Crippen LogP contribution is 2.24. The average molecular weight is 428 g/mol. The molecule has 0 unspecified atom stereocenters. The number of amides is 1. The second-order valence-corrected chi connectivity index (χ2v) is 9.33. The summed E-state index contributed by atoms with van der Waals surface area (Å²) in [6, 6.07) is 17.7. The van der Waals surface area contributed by atoms with Crippen LogP contribution >= 0.6 is 0 Å². The van der Waals surface area contributed by atoms with Crippen LogP contribution in [0.15, 0.2) is 54.6 Å². The molecule has 2 aromatic carbocycles. The fourth-order valence-electron chi connectivity index (χ4n) is 3.69. The van der Waals surface area contributed by atoms with Gasteiger partial charge < -0.3 is 4.90 Å². The van der Waals surface area contributed by atoms with E-state index in [1.54, 1.807) is 9.42 Å². The standard InChI is InChI=1S/C26H29N5O/c1-17-7-13-22(14-8-17)30(24(32)20-9-11-21(12-10-20)26(4,5)6)16-23-28-25-27-18(2)15-19(3)31(25)29-23/h7-15H,16H2,1-6H3. The van der Waals surface area contributed by atoms with Gasteiger partial charge in [0.05, 0.1) is 6.54 Å². The van der Waals surface area contributed by atoms with Gasteiger partial charge in [0.1, 0.15) is 0 Å². The van der Waals surface area contributed by atoms with Gasteiger partial charge in [0.2, 0.25) is 0 Å². The summed E-state index contributed by atoms with van der Waals surface area (Å²) in [4.78, 5) is 24.4.